The van der Waals surface area contributed by atoms with Gasteiger partial charge in [-0.2, -0.15) is 0 Å². The number of hydrogen-bond donors (Lipinski definition) is 0. The number of piperidine rings is 1. The van der Waals surface area contributed by atoms with E-state index in [1.54, 1.807) is 23.3 Å². The van der Waals surface area contributed by atoms with Crippen LogP contribution in [0.5, 0.6) is 5.75 Å². The summed E-state index contributed by atoms with van der Waals surface area (Å²) in [6, 6.07) is 7.42. The number of carbonyl (C=O) groups is 2. The van der Waals surface area contributed by atoms with Crippen molar-refractivity contribution in [2.45, 2.75) is 12.8 Å². The van der Waals surface area contributed by atoms with Crippen LogP contribution in [0.3, 0.4) is 0 Å². The minimum atomic E-state index is -0.630. The van der Waals surface area contributed by atoms with Crippen molar-refractivity contribution in [3.05, 3.63) is 60.0 Å². The summed E-state index contributed by atoms with van der Waals surface area (Å²) in [6.07, 6.45) is 8.94. The Morgan fingerprint density at radius 1 is 1.00 bits per heavy atom. The van der Waals surface area contributed by atoms with Crippen molar-refractivity contribution < 1.29 is 23.8 Å². The molecule has 3 rings (SSSR count). The first-order valence-electron chi connectivity index (χ1n) is 10.00. The van der Waals surface area contributed by atoms with Crippen LogP contribution in [0.25, 0.3) is 0 Å². The van der Waals surface area contributed by atoms with E-state index in [1.165, 1.54) is 20.3 Å². The number of benzene rings is 1. The van der Waals surface area contributed by atoms with Crippen LogP contribution in [0.2, 0.25) is 0 Å². The molecule has 0 aromatic heterocycles. The van der Waals surface area contributed by atoms with Gasteiger partial charge in [-0.1, -0.05) is 6.08 Å². The second kappa shape index (κ2) is 10.1. The van der Waals surface area contributed by atoms with Crippen LogP contribution in [0.4, 0.5) is 5.69 Å². The Kier molecular flexibility index (Phi) is 7.30. The Morgan fingerprint density at radius 2 is 1.67 bits per heavy atom. The second-order valence-electron chi connectivity index (χ2n) is 7.37. The summed E-state index contributed by atoms with van der Waals surface area (Å²) in [4.78, 5) is 28.6. The van der Waals surface area contributed by atoms with Crippen LogP contribution in [0, 0.1) is 5.92 Å². The lowest BCUT2D eigenvalue weighted by Crippen LogP contribution is -2.32. The largest absolute Gasteiger partial charge is 0.493 e. The van der Waals surface area contributed by atoms with Gasteiger partial charge in [-0.25, -0.2) is 9.59 Å². The Balaban J connectivity index is 1.77. The molecule has 7 nitrogen and oxygen atoms in total. The summed E-state index contributed by atoms with van der Waals surface area (Å²) in [5, 5.41) is 0. The molecule has 160 valence electrons. The topological polar surface area (TPSA) is 68.3 Å². The van der Waals surface area contributed by atoms with E-state index in [1.807, 2.05) is 24.3 Å². The molecule has 1 saturated heterocycles. The quantitative estimate of drug-likeness (QED) is 0.666. The number of allylic oxidation sites excluding steroid dienone is 2. The van der Waals surface area contributed by atoms with Crippen molar-refractivity contribution in [1.29, 1.82) is 0 Å². The third-order valence-corrected chi connectivity index (χ3v) is 5.33. The number of likely N-dealkylation sites (tertiary alicyclic amines) is 1. The molecule has 1 aromatic carbocycles. The van der Waals surface area contributed by atoms with Crippen molar-refractivity contribution >= 4 is 17.6 Å². The third-order valence-electron chi connectivity index (χ3n) is 5.33. The van der Waals surface area contributed by atoms with Gasteiger partial charge in [-0.3, -0.25) is 0 Å². The van der Waals surface area contributed by atoms with Gasteiger partial charge < -0.3 is 24.0 Å². The first-order valence-corrected chi connectivity index (χ1v) is 10.00. The highest BCUT2D eigenvalue weighted by Gasteiger charge is 2.27. The summed E-state index contributed by atoms with van der Waals surface area (Å²) in [6.45, 7) is 2.90. The first-order chi connectivity index (χ1) is 14.5. The highest BCUT2D eigenvalue weighted by molar-refractivity contribution is 6.05. The van der Waals surface area contributed by atoms with E-state index in [0.29, 0.717) is 18.2 Å². The molecule has 0 amide bonds. The van der Waals surface area contributed by atoms with Crippen molar-refractivity contribution in [1.82, 2.24) is 4.90 Å². The second-order valence-corrected chi connectivity index (χ2v) is 7.37. The lowest BCUT2D eigenvalue weighted by atomic mass is 9.98. The summed E-state index contributed by atoms with van der Waals surface area (Å²) < 4.78 is 15.7. The van der Waals surface area contributed by atoms with Gasteiger partial charge in [0, 0.05) is 11.9 Å². The molecule has 30 heavy (non-hydrogen) atoms. The van der Waals surface area contributed by atoms with Gasteiger partial charge in [-0.15, -0.1) is 0 Å². The maximum absolute atomic E-state index is 12.5. The van der Waals surface area contributed by atoms with Gasteiger partial charge in [0.05, 0.1) is 26.4 Å². The van der Waals surface area contributed by atoms with Gasteiger partial charge in [0.15, 0.2) is 0 Å². The fraction of sp³-hybridized carbons (Fsp3) is 0.391. The summed E-state index contributed by atoms with van der Waals surface area (Å²) >= 11 is 0. The van der Waals surface area contributed by atoms with E-state index in [0.717, 1.165) is 31.7 Å². The summed E-state index contributed by atoms with van der Waals surface area (Å²) in [5.74, 6) is 0.0935. The van der Waals surface area contributed by atoms with Gasteiger partial charge >= 0.3 is 11.9 Å². The maximum atomic E-state index is 12.5. The molecule has 0 unspecified atom stereocenters. The van der Waals surface area contributed by atoms with Crippen LogP contribution >= 0.6 is 0 Å². The number of nitrogens with zero attached hydrogens (tertiary/aromatic N) is 2. The average Bonchev–Trinajstić information content (AvgIpc) is 3.01. The number of hydrogen-bond acceptors (Lipinski definition) is 7. The molecule has 0 radical (unpaired) electrons. The SMILES string of the molecule is COC(=O)C1=C(C(=O)OC)N(c2ccc(OCC3CCN(C)CC3)cc2)C=CC=C1. The standard InChI is InChI=1S/C23H28N2O5/c1-24-14-11-17(12-15-24)16-30-19-9-7-18(8-10-19)25-13-5-4-6-20(22(26)28-2)21(25)23(27)29-3/h4-10,13,17H,11-12,14-16H2,1-3H3. The van der Waals surface area contributed by atoms with Crippen LogP contribution in [-0.2, 0) is 19.1 Å². The molecular weight excluding hydrogens is 384 g/mol. The van der Waals surface area contributed by atoms with Crippen LogP contribution in [0.1, 0.15) is 12.8 Å². The number of methoxy groups -OCH3 is 2. The van der Waals surface area contributed by atoms with E-state index >= 15 is 0 Å². The van der Waals surface area contributed by atoms with Crippen LogP contribution in [0.15, 0.2) is 60.0 Å². The summed E-state index contributed by atoms with van der Waals surface area (Å²) in [5.41, 5.74) is 0.912. The lowest BCUT2D eigenvalue weighted by Gasteiger charge is -2.28. The van der Waals surface area contributed by atoms with Crippen molar-refractivity contribution in [3.63, 3.8) is 0 Å². The molecule has 2 aliphatic rings. The highest BCUT2D eigenvalue weighted by atomic mass is 16.5. The Morgan fingerprint density at radius 3 is 2.30 bits per heavy atom. The number of carbonyl (C=O) groups excluding carboxylic acids is 2. The lowest BCUT2D eigenvalue weighted by molar-refractivity contribution is -0.139. The molecule has 0 bridgehead atoms. The fourth-order valence-electron chi connectivity index (χ4n) is 3.51. The molecule has 1 fully saturated rings. The molecule has 7 heteroatoms. The Hall–Kier alpha value is -3.06. The third kappa shape index (κ3) is 5.10. The monoisotopic (exact) mass is 412 g/mol. The Labute approximate surface area is 177 Å². The number of rotatable bonds is 6. The molecule has 2 aliphatic heterocycles. The molecule has 0 spiro atoms. The van der Waals surface area contributed by atoms with E-state index < -0.39 is 11.9 Å². The van der Waals surface area contributed by atoms with Crippen molar-refractivity contribution in [2.75, 3.05) is 45.9 Å². The van der Waals surface area contributed by atoms with E-state index in [-0.39, 0.29) is 11.3 Å². The maximum Gasteiger partial charge on any atom is 0.355 e. The molecule has 0 N–H and O–H groups in total. The number of esters is 2. The Bertz CT molecular complexity index is 849. The van der Waals surface area contributed by atoms with Crippen molar-refractivity contribution in [2.24, 2.45) is 5.92 Å². The zero-order chi connectivity index (χ0) is 21.5. The zero-order valence-corrected chi connectivity index (χ0v) is 17.7. The first kappa shape index (κ1) is 21.6. The van der Waals surface area contributed by atoms with Crippen molar-refractivity contribution in [3.8, 4) is 5.75 Å². The van der Waals surface area contributed by atoms with Crippen LogP contribution in [-0.4, -0.2) is 57.8 Å². The molecule has 0 atom stereocenters. The molecular formula is C23H28N2O5. The predicted molar refractivity (Wildman–Crippen MR) is 114 cm³/mol. The van der Waals surface area contributed by atoms with Gasteiger partial charge in [-0.05, 0) is 75.3 Å². The summed E-state index contributed by atoms with van der Waals surface area (Å²) in [7, 11) is 4.70. The fourth-order valence-corrected chi connectivity index (χ4v) is 3.51. The van der Waals surface area contributed by atoms with E-state index in [2.05, 4.69) is 11.9 Å². The highest BCUT2D eigenvalue weighted by Crippen LogP contribution is 2.28. The van der Waals surface area contributed by atoms with Gasteiger partial charge in [0.2, 0.25) is 0 Å². The smallest absolute Gasteiger partial charge is 0.355 e. The minimum absolute atomic E-state index is 0.0920. The van der Waals surface area contributed by atoms with Gasteiger partial charge in [0.1, 0.15) is 11.4 Å². The molecule has 1 aromatic rings. The normalized spacial score (nSPS) is 17.6. The zero-order valence-electron chi connectivity index (χ0n) is 17.7. The minimum Gasteiger partial charge on any atom is -0.493 e. The number of ether oxygens (including phenoxy) is 3. The van der Waals surface area contributed by atoms with E-state index in [9.17, 15) is 9.59 Å². The number of anilines is 1. The predicted octanol–water partition coefficient (Wildman–Crippen LogP) is 2.90. The van der Waals surface area contributed by atoms with Gasteiger partial charge in [0.25, 0.3) is 0 Å². The molecule has 0 aliphatic carbocycles. The van der Waals surface area contributed by atoms with Crippen LogP contribution < -0.4 is 9.64 Å². The van der Waals surface area contributed by atoms with E-state index in [4.69, 9.17) is 14.2 Å². The average molecular weight is 412 g/mol. The molecule has 2 heterocycles. The molecule has 0 saturated carbocycles.